The van der Waals surface area contributed by atoms with Crippen LogP contribution in [0.4, 0.5) is 5.82 Å². The fourth-order valence-electron chi connectivity index (χ4n) is 2.18. The Morgan fingerprint density at radius 1 is 1.18 bits per heavy atom. The molecule has 0 aromatic carbocycles. The van der Waals surface area contributed by atoms with Gasteiger partial charge in [-0.25, -0.2) is 9.97 Å². The van der Waals surface area contributed by atoms with Gasteiger partial charge < -0.3 is 4.90 Å². The summed E-state index contributed by atoms with van der Waals surface area (Å²) in [5.41, 5.74) is 0. The first-order valence-electron chi connectivity index (χ1n) is 6.10. The summed E-state index contributed by atoms with van der Waals surface area (Å²) in [4.78, 5) is 13.1. The summed E-state index contributed by atoms with van der Waals surface area (Å²) < 4.78 is 0. The van der Waals surface area contributed by atoms with E-state index >= 15 is 0 Å². The molecule has 17 heavy (non-hydrogen) atoms. The molecule has 1 aromatic heterocycles. The van der Waals surface area contributed by atoms with E-state index in [9.17, 15) is 0 Å². The second-order valence-electron chi connectivity index (χ2n) is 4.85. The van der Waals surface area contributed by atoms with Crippen LogP contribution in [0.2, 0.25) is 5.15 Å². The number of piperazine rings is 1. The molecule has 1 aliphatic rings. The van der Waals surface area contributed by atoms with Gasteiger partial charge in [0.25, 0.3) is 0 Å². The molecule has 0 radical (unpaired) electrons. The Kier molecular flexibility index (Phi) is 4.18. The van der Waals surface area contributed by atoms with E-state index < -0.39 is 0 Å². The lowest BCUT2D eigenvalue weighted by atomic mass is 10.2. The number of hydrogen-bond acceptors (Lipinski definition) is 4. The van der Waals surface area contributed by atoms with Crippen molar-refractivity contribution in [3.05, 3.63) is 17.5 Å². The minimum Gasteiger partial charge on any atom is -0.351 e. The van der Waals surface area contributed by atoms with Crippen molar-refractivity contribution in [1.82, 2.24) is 14.9 Å². The molecule has 0 amide bonds. The topological polar surface area (TPSA) is 32.3 Å². The van der Waals surface area contributed by atoms with Crippen LogP contribution >= 0.6 is 11.6 Å². The molecule has 4 nitrogen and oxygen atoms in total. The van der Waals surface area contributed by atoms with E-state index in [1.807, 2.05) is 0 Å². The van der Waals surface area contributed by atoms with Crippen molar-refractivity contribution in [2.24, 2.45) is 5.92 Å². The molecule has 94 valence electrons. The van der Waals surface area contributed by atoms with Crippen LogP contribution < -0.4 is 4.90 Å². The summed E-state index contributed by atoms with van der Waals surface area (Å²) in [6.07, 6.45) is 3.32. The van der Waals surface area contributed by atoms with E-state index in [2.05, 4.69) is 33.6 Å². The fourth-order valence-corrected chi connectivity index (χ4v) is 2.41. The van der Waals surface area contributed by atoms with E-state index in [1.165, 1.54) is 6.54 Å². The molecule has 1 aliphatic heterocycles. The third kappa shape index (κ3) is 3.30. The first-order valence-corrected chi connectivity index (χ1v) is 6.48. The predicted octanol–water partition coefficient (Wildman–Crippen LogP) is 1.91. The maximum absolute atomic E-state index is 6.05. The quantitative estimate of drug-likeness (QED) is 0.825. The fraction of sp³-hybridized carbons (Fsp3) is 0.667. The molecule has 0 spiro atoms. The molecule has 2 heterocycles. The zero-order chi connectivity index (χ0) is 12.3. The van der Waals surface area contributed by atoms with Crippen molar-refractivity contribution in [2.45, 2.75) is 13.8 Å². The zero-order valence-electron chi connectivity index (χ0n) is 10.4. The largest absolute Gasteiger partial charge is 0.351 e. The summed E-state index contributed by atoms with van der Waals surface area (Å²) in [7, 11) is 0. The third-order valence-corrected chi connectivity index (χ3v) is 3.20. The lowest BCUT2D eigenvalue weighted by Crippen LogP contribution is -2.47. The van der Waals surface area contributed by atoms with Gasteiger partial charge in [0, 0.05) is 45.1 Å². The molecule has 2 rings (SSSR count). The average Bonchev–Trinajstić information content (AvgIpc) is 2.30. The van der Waals surface area contributed by atoms with Crippen LogP contribution in [0.5, 0.6) is 0 Å². The molecule has 1 aromatic rings. The van der Waals surface area contributed by atoms with E-state index in [0.717, 1.165) is 37.9 Å². The number of hydrogen-bond donors (Lipinski definition) is 0. The van der Waals surface area contributed by atoms with E-state index in [1.54, 1.807) is 12.4 Å². The van der Waals surface area contributed by atoms with Crippen LogP contribution in [-0.4, -0.2) is 47.6 Å². The second kappa shape index (κ2) is 5.65. The Morgan fingerprint density at radius 2 is 1.82 bits per heavy atom. The minimum absolute atomic E-state index is 0.504. The monoisotopic (exact) mass is 254 g/mol. The molecule has 0 atom stereocenters. The second-order valence-corrected chi connectivity index (χ2v) is 5.21. The predicted molar refractivity (Wildman–Crippen MR) is 70.5 cm³/mol. The van der Waals surface area contributed by atoms with Crippen molar-refractivity contribution in [2.75, 3.05) is 37.6 Å². The highest BCUT2D eigenvalue weighted by atomic mass is 35.5. The third-order valence-electron chi connectivity index (χ3n) is 2.93. The van der Waals surface area contributed by atoms with Crippen LogP contribution in [0.25, 0.3) is 0 Å². The highest BCUT2D eigenvalue weighted by molar-refractivity contribution is 6.31. The number of aromatic nitrogens is 2. The first kappa shape index (κ1) is 12.6. The first-order chi connectivity index (χ1) is 8.16. The Bertz CT molecular complexity index is 361. The van der Waals surface area contributed by atoms with E-state index in [-0.39, 0.29) is 0 Å². The molecular formula is C12H19ClN4. The van der Waals surface area contributed by atoms with Gasteiger partial charge in [-0.1, -0.05) is 25.4 Å². The molecule has 5 heteroatoms. The van der Waals surface area contributed by atoms with Crippen LogP contribution in [0.15, 0.2) is 12.4 Å². The SMILES string of the molecule is CC(C)CN1CCN(c2nccnc2Cl)CC1. The van der Waals surface area contributed by atoms with Crippen LogP contribution in [0.1, 0.15) is 13.8 Å². The van der Waals surface area contributed by atoms with Gasteiger partial charge in [0.2, 0.25) is 0 Å². The number of halogens is 1. The average molecular weight is 255 g/mol. The van der Waals surface area contributed by atoms with Crippen LogP contribution in [0.3, 0.4) is 0 Å². The van der Waals surface area contributed by atoms with Gasteiger partial charge >= 0.3 is 0 Å². The van der Waals surface area contributed by atoms with Gasteiger partial charge in [0.15, 0.2) is 11.0 Å². The summed E-state index contributed by atoms with van der Waals surface area (Å²) >= 11 is 6.05. The van der Waals surface area contributed by atoms with Gasteiger partial charge in [-0.15, -0.1) is 0 Å². The summed E-state index contributed by atoms with van der Waals surface area (Å²) in [6.45, 7) is 9.78. The summed E-state index contributed by atoms with van der Waals surface area (Å²) in [5, 5.41) is 0.504. The molecular weight excluding hydrogens is 236 g/mol. The molecule has 0 aliphatic carbocycles. The van der Waals surface area contributed by atoms with Crippen LogP contribution in [0, 0.1) is 5.92 Å². The van der Waals surface area contributed by atoms with Gasteiger partial charge in [0.05, 0.1) is 0 Å². The Labute approximate surface area is 108 Å². The van der Waals surface area contributed by atoms with E-state index in [4.69, 9.17) is 11.6 Å². The van der Waals surface area contributed by atoms with Crippen molar-refractivity contribution < 1.29 is 0 Å². The van der Waals surface area contributed by atoms with Crippen molar-refractivity contribution in [3.8, 4) is 0 Å². The molecule has 1 saturated heterocycles. The highest BCUT2D eigenvalue weighted by Gasteiger charge is 2.20. The normalized spacial score (nSPS) is 17.8. The number of rotatable bonds is 3. The summed E-state index contributed by atoms with van der Waals surface area (Å²) in [5.74, 6) is 1.54. The van der Waals surface area contributed by atoms with Crippen molar-refractivity contribution >= 4 is 17.4 Å². The van der Waals surface area contributed by atoms with Gasteiger partial charge in [-0.2, -0.15) is 0 Å². The smallest absolute Gasteiger partial charge is 0.171 e. The van der Waals surface area contributed by atoms with E-state index in [0.29, 0.717) is 5.15 Å². The lowest BCUT2D eigenvalue weighted by molar-refractivity contribution is 0.231. The molecule has 0 unspecified atom stereocenters. The van der Waals surface area contributed by atoms with Gasteiger partial charge in [-0.05, 0) is 5.92 Å². The molecule has 0 saturated carbocycles. The number of anilines is 1. The van der Waals surface area contributed by atoms with Gasteiger partial charge in [0.1, 0.15) is 0 Å². The van der Waals surface area contributed by atoms with Crippen LogP contribution in [-0.2, 0) is 0 Å². The van der Waals surface area contributed by atoms with Crippen molar-refractivity contribution in [3.63, 3.8) is 0 Å². The van der Waals surface area contributed by atoms with Gasteiger partial charge in [-0.3, -0.25) is 4.90 Å². The maximum Gasteiger partial charge on any atom is 0.171 e. The minimum atomic E-state index is 0.504. The lowest BCUT2D eigenvalue weighted by Gasteiger charge is -2.36. The Balaban J connectivity index is 1.93. The van der Waals surface area contributed by atoms with Crippen molar-refractivity contribution in [1.29, 1.82) is 0 Å². The zero-order valence-corrected chi connectivity index (χ0v) is 11.2. The Morgan fingerprint density at radius 3 is 2.41 bits per heavy atom. The summed E-state index contributed by atoms with van der Waals surface area (Å²) in [6, 6.07) is 0. The maximum atomic E-state index is 6.05. The highest BCUT2D eigenvalue weighted by Crippen LogP contribution is 2.21. The Hall–Kier alpha value is -0.870. The molecule has 0 N–H and O–H groups in total. The number of nitrogens with zero attached hydrogens (tertiary/aromatic N) is 4. The molecule has 1 fully saturated rings. The molecule has 0 bridgehead atoms. The standard InChI is InChI=1S/C12H19ClN4/c1-10(2)9-16-5-7-17(8-6-16)12-11(13)14-3-4-15-12/h3-4,10H,5-9H2,1-2H3.